The normalized spacial score (nSPS) is 14.6. The summed E-state index contributed by atoms with van der Waals surface area (Å²) in [4.78, 5) is 16.7. The van der Waals surface area contributed by atoms with Crippen molar-refractivity contribution in [2.75, 3.05) is 38.0 Å². The van der Waals surface area contributed by atoms with Gasteiger partial charge < -0.3 is 5.32 Å². The van der Waals surface area contributed by atoms with Gasteiger partial charge >= 0.3 is 0 Å². The molecule has 0 unspecified atom stereocenters. The molecule has 0 aromatic heterocycles. The van der Waals surface area contributed by atoms with Gasteiger partial charge in [-0.1, -0.05) is 48.5 Å². The highest BCUT2D eigenvalue weighted by Crippen LogP contribution is 2.24. The van der Waals surface area contributed by atoms with Gasteiger partial charge in [-0.05, 0) is 41.0 Å². The molecule has 162 valence electrons. The first-order valence-electron chi connectivity index (χ1n) is 10.7. The summed E-state index contributed by atoms with van der Waals surface area (Å²) in [5.41, 5.74) is 4.37. The molecular weight excluding hydrogens is 403 g/mol. The molecule has 0 radical (unpaired) electrons. The maximum atomic E-state index is 13.3. The molecule has 1 heterocycles. The van der Waals surface area contributed by atoms with E-state index in [-0.39, 0.29) is 11.7 Å². The Bertz CT molecular complexity index is 1120. The van der Waals surface area contributed by atoms with Gasteiger partial charge in [-0.2, -0.15) is 5.26 Å². The molecule has 0 saturated carbocycles. The Morgan fingerprint density at radius 2 is 1.66 bits per heavy atom. The number of benzene rings is 3. The van der Waals surface area contributed by atoms with Gasteiger partial charge in [-0.3, -0.25) is 14.6 Å². The van der Waals surface area contributed by atoms with E-state index in [0.29, 0.717) is 17.8 Å². The highest BCUT2D eigenvalue weighted by Gasteiger charge is 2.19. The maximum absolute atomic E-state index is 13.3. The second kappa shape index (κ2) is 10.2. The summed E-state index contributed by atoms with van der Waals surface area (Å²) in [7, 11) is 0. The topological polar surface area (TPSA) is 59.4 Å². The number of halogens is 1. The smallest absolute Gasteiger partial charge is 0.238 e. The fraction of sp³-hybridized carbons (Fsp3) is 0.231. The maximum Gasteiger partial charge on any atom is 0.238 e. The van der Waals surface area contributed by atoms with Crippen molar-refractivity contribution in [2.24, 2.45) is 0 Å². The molecule has 1 fully saturated rings. The highest BCUT2D eigenvalue weighted by molar-refractivity contribution is 5.92. The van der Waals surface area contributed by atoms with Gasteiger partial charge in [0, 0.05) is 38.4 Å². The molecule has 6 heteroatoms. The second-order valence-corrected chi connectivity index (χ2v) is 7.97. The van der Waals surface area contributed by atoms with Crippen molar-refractivity contribution in [3.8, 4) is 17.2 Å². The Morgan fingerprint density at radius 3 is 2.38 bits per heavy atom. The number of hydrogen-bond donors (Lipinski definition) is 1. The molecule has 4 rings (SSSR count). The van der Waals surface area contributed by atoms with Gasteiger partial charge in [0.15, 0.2) is 0 Å². The molecule has 0 atom stereocenters. The minimum atomic E-state index is -0.362. The number of nitrogens with one attached hydrogen (secondary N) is 1. The molecule has 1 aliphatic heterocycles. The predicted molar refractivity (Wildman–Crippen MR) is 123 cm³/mol. The lowest BCUT2D eigenvalue weighted by atomic mass is 9.99. The van der Waals surface area contributed by atoms with Crippen molar-refractivity contribution in [3.05, 3.63) is 89.7 Å². The van der Waals surface area contributed by atoms with Crippen molar-refractivity contribution in [2.45, 2.75) is 6.54 Å². The molecule has 0 aliphatic carbocycles. The van der Waals surface area contributed by atoms with Crippen molar-refractivity contribution in [1.29, 1.82) is 5.26 Å². The Morgan fingerprint density at radius 1 is 0.938 bits per heavy atom. The molecule has 1 N–H and O–H groups in total. The van der Waals surface area contributed by atoms with Crippen LogP contribution in [0.1, 0.15) is 11.1 Å². The Kier molecular flexibility index (Phi) is 6.90. The zero-order valence-corrected chi connectivity index (χ0v) is 17.8. The van der Waals surface area contributed by atoms with E-state index in [4.69, 9.17) is 0 Å². The van der Waals surface area contributed by atoms with Crippen molar-refractivity contribution < 1.29 is 9.18 Å². The van der Waals surface area contributed by atoms with Crippen LogP contribution in [0.2, 0.25) is 0 Å². The number of piperazine rings is 1. The van der Waals surface area contributed by atoms with Crippen LogP contribution in [0.15, 0.2) is 72.8 Å². The minimum Gasteiger partial charge on any atom is -0.325 e. The minimum absolute atomic E-state index is 0.128. The van der Waals surface area contributed by atoms with Crippen LogP contribution in [-0.4, -0.2) is 48.4 Å². The van der Waals surface area contributed by atoms with E-state index in [9.17, 15) is 14.4 Å². The van der Waals surface area contributed by atoms with Crippen LogP contribution >= 0.6 is 0 Å². The lowest BCUT2D eigenvalue weighted by molar-refractivity contribution is -0.117. The SMILES string of the molecule is N#Cc1ccccc1-c1ccc(CN2CCN(CC(=O)Nc3cccc(F)c3)CC2)cc1. The van der Waals surface area contributed by atoms with E-state index in [2.05, 4.69) is 45.5 Å². The molecule has 3 aromatic rings. The summed E-state index contributed by atoms with van der Waals surface area (Å²) >= 11 is 0. The van der Waals surface area contributed by atoms with Crippen molar-refractivity contribution in [1.82, 2.24) is 9.80 Å². The van der Waals surface area contributed by atoms with E-state index < -0.39 is 0 Å². The average molecular weight is 429 g/mol. The van der Waals surface area contributed by atoms with Crippen molar-refractivity contribution in [3.63, 3.8) is 0 Å². The summed E-state index contributed by atoms with van der Waals surface area (Å²) < 4.78 is 13.3. The molecule has 1 amide bonds. The number of nitriles is 1. The van der Waals surface area contributed by atoms with Crippen LogP contribution in [-0.2, 0) is 11.3 Å². The van der Waals surface area contributed by atoms with E-state index in [1.165, 1.54) is 17.7 Å². The highest BCUT2D eigenvalue weighted by atomic mass is 19.1. The fourth-order valence-electron chi connectivity index (χ4n) is 3.96. The van der Waals surface area contributed by atoms with Crippen LogP contribution in [0.3, 0.4) is 0 Å². The largest absolute Gasteiger partial charge is 0.325 e. The van der Waals surface area contributed by atoms with Gasteiger partial charge in [0.1, 0.15) is 5.82 Å². The number of amides is 1. The van der Waals surface area contributed by atoms with Gasteiger partial charge in [0.25, 0.3) is 0 Å². The fourth-order valence-corrected chi connectivity index (χ4v) is 3.96. The predicted octanol–water partition coefficient (Wildman–Crippen LogP) is 4.12. The summed E-state index contributed by atoms with van der Waals surface area (Å²) in [6.07, 6.45) is 0. The van der Waals surface area contributed by atoms with Crippen LogP contribution in [0.25, 0.3) is 11.1 Å². The summed E-state index contributed by atoms with van der Waals surface area (Å²) in [5, 5.41) is 12.1. The quantitative estimate of drug-likeness (QED) is 0.642. The van der Waals surface area contributed by atoms with Crippen LogP contribution in [0.4, 0.5) is 10.1 Å². The zero-order chi connectivity index (χ0) is 22.3. The summed E-state index contributed by atoms with van der Waals surface area (Å²) in [6.45, 7) is 4.54. The lowest BCUT2D eigenvalue weighted by Crippen LogP contribution is -2.48. The Balaban J connectivity index is 1.26. The first kappa shape index (κ1) is 21.7. The van der Waals surface area contributed by atoms with Crippen LogP contribution in [0, 0.1) is 17.1 Å². The third-order valence-corrected chi connectivity index (χ3v) is 5.66. The van der Waals surface area contributed by atoms with Gasteiger partial charge in [-0.25, -0.2) is 4.39 Å². The third kappa shape index (κ3) is 5.58. The monoisotopic (exact) mass is 428 g/mol. The van der Waals surface area contributed by atoms with Crippen molar-refractivity contribution >= 4 is 11.6 Å². The molecule has 1 aliphatic rings. The second-order valence-electron chi connectivity index (χ2n) is 7.97. The number of carbonyl (C=O) groups is 1. The first-order chi connectivity index (χ1) is 15.6. The number of hydrogen-bond acceptors (Lipinski definition) is 4. The molecule has 0 bridgehead atoms. The first-order valence-corrected chi connectivity index (χ1v) is 10.7. The van der Waals surface area contributed by atoms with Crippen LogP contribution in [0.5, 0.6) is 0 Å². The lowest BCUT2D eigenvalue weighted by Gasteiger charge is -2.34. The van der Waals surface area contributed by atoms with Gasteiger partial charge in [0.2, 0.25) is 5.91 Å². The van der Waals surface area contributed by atoms with Gasteiger partial charge in [-0.15, -0.1) is 0 Å². The molecule has 5 nitrogen and oxygen atoms in total. The average Bonchev–Trinajstić information content (AvgIpc) is 2.81. The standard InChI is InChI=1S/C26H25FN4O/c27-23-5-3-6-24(16-23)29-26(32)19-31-14-12-30(13-15-31)18-20-8-10-21(11-9-20)25-7-2-1-4-22(25)17-28/h1-11,16H,12-15,18-19H2,(H,29,32). The van der Waals surface area contributed by atoms with Crippen LogP contribution < -0.4 is 5.32 Å². The van der Waals surface area contributed by atoms with Gasteiger partial charge in [0.05, 0.1) is 18.2 Å². The molecular formula is C26H25FN4O. The summed E-state index contributed by atoms with van der Waals surface area (Å²) in [6, 6.07) is 24.2. The summed E-state index contributed by atoms with van der Waals surface area (Å²) in [5.74, 6) is -0.490. The molecule has 3 aromatic carbocycles. The molecule has 1 saturated heterocycles. The van der Waals surface area contributed by atoms with E-state index in [0.717, 1.165) is 43.9 Å². The Hall–Kier alpha value is -3.53. The number of carbonyl (C=O) groups excluding carboxylic acids is 1. The third-order valence-electron chi connectivity index (χ3n) is 5.66. The molecule has 0 spiro atoms. The number of anilines is 1. The van der Waals surface area contributed by atoms with E-state index in [1.54, 1.807) is 12.1 Å². The zero-order valence-electron chi connectivity index (χ0n) is 17.8. The van der Waals surface area contributed by atoms with E-state index >= 15 is 0 Å². The molecule has 32 heavy (non-hydrogen) atoms. The Labute approximate surface area is 187 Å². The number of nitrogens with zero attached hydrogens (tertiary/aromatic N) is 3. The van der Waals surface area contributed by atoms with E-state index in [1.807, 2.05) is 24.3 Å². The number of rotatable bonds is 6.